The normalized spacial score (nSPS) is 21.0. The molecule has 1 aliphatic carbocycles. The van der Waals surface area contributed by atoms with Gasteiger partial charge in [0.25, 0.3) is 5.91 Å². The Morgan fingerprint density at radius 2 is 1.86 bits per heavy atom. The fourth-order valence-corrected chi connectivity index (χ4v) is 4.45. The smallest absolute Gasteiger partial charge is 0.282 e. The Balaban J connectivity index is 2.01. The summed E-state index contributed by atoms with van der Waals surface area (Å²) < 4.78 is 0. The average Bonchev–Trinajstić information content (AvgIpc) is 2.73. The number of rotatable bonds is 4. The number of carbonyl (C=O) groups excluding carboxylic acids is 1. The van der Waals surface area contributed by atoms with E-state index in [1.54, 1.807) is 0 Å². The molecule has 118 valence electrons. The van der Waals surface area contributed by atoms with Gasteiger partial charge in [-0.2, -0.15) is 0 Å². The summed E-state index contributed by atoms with van der Waals surface area (Å²) in [5, 5.41) is 15.3. The van der Waals surface area contributed by atoms with E-state index >= 15 is 0 Å². The van der Waals surface area contributed by atoms with E-state index in [0.717, 1.165) is 19.4 Å². The molecule has 2 rings (SSSR count). The third-order valence-electron chi connectivity index (χ3n) is 3.84. The average molecular weight is 310 g/mol. The zero-order valence-corrected chi connectivity index (χ0v) is 14.4. The third-order valence-corrected chi connectivity index (χ3v) is 4.72. The van der Waals surface area contributed by atoms with Gasteiger partial charge in [-0.15, -0.1) is 10.2 Å². The molecule has 0 atom stereocenters. The number of carbonyl (C=O) groups is 1. The van der Waals surface area contributed by atoms with Gasteiger partial charge in [0, 0.05) is 12.6 Å². The minimum Gasteiger partial charge on any atom is -0.360 e. The summed E-state index contributed by atoms with van der Waals surface area (Å²) in [7, 11) is 0. The van der Waals surface area contributed by atoms with E-state index in [0.29, 0.717) is 10.1 Å². The molecule has 0 saturated heterocycles. The molecule has 0 aliphatic heterocycles. The number of nitrogens with one attached hydrogen (secondary N) is 2. The lowest BCUT2D eigenvalue weighted by atomic mass is 9.63. The molecular formula is C15H26N4OS. The van der Waals surface area contributed by atoms with Crippen LogP contribution in [0.2, 0.25) is 0 Å². The molecule has 1 amide bonds. The van der Waals surface area contributed by atoms with Crippen LogP contribution in [0.4, 0.5) is 5.13 Å². The van der Waals surface area contributed by atoms with Crippen LogP contribution in [0.15, 0.2) is 0 Å². The molecule has 21 heavy (non-hydrogen) atoms. The predicted molar refractivity (Wildman–Crippen MR) is 86.7 cm³/mol. The van der Waals surface area contributed by atoms with E-state index in [-0.39, 0.29) is 22.8 Å². The van der Waals surface area contributed by atoms with Crippen LogP contribution in [0.1, 0.15) is 63.7 Å². The Kier molecular flexibility index (Phi) is 4.56. The maximum Gasteiger partial charge on any atom is 0.282 e. The Morgan fingerprint density at radius 1 is 1.24 bits per heavy atom. The van der Waals surface area contributed by atoms with Crippen LogP contribution >= 0.6 is 11.3 Å². The fourth-order valence-electron chi connectivity index (χ4n) is 3.73. The molecule has 6 heteroatoms. The Hall–Kier alpha value is -1.17. The van der Waals surface area contributed by atoms with Crippen LogP contribution in [0.25, 0.3) is 0 Å². The minimum atomic E-state index is -0.102. The van der Waals surface area contributed by atoms with Crippen LogP contribution < -0.4 is 10.6 Å². The first-order valence-corrected chi connectivity index (χ1v) is 8.41. The zero-order valence-electron chi connectivity index (χ0n) is 13.6. The maximum absolute atomic E-state index is 12.3. The van der Waals surface area contributed by atoms with Crippen molar-refractivity contribution in [1.82, 2.24) is 15.5 Å². The second kappa shape index (κ2) is 5.91. The highest BCUT2D eigenvalue weighted by Crippen LogP contribution is 2.45. The molecule has 1 aromatic rings. The number of anilines is 1. The Bertz CT molecular complexity index is 494. The summed E-state index contributed by atoms with van der Waals surface area (Å²) in [6, 6.07) is 0.211. The zero-order chi connectivity index (χ0) is 15.7. The van der Waals surface area contributed by atoms with E-state index in [1.165, 1.54) is 17.8 Å². The molecule has 1 heterocycles. The molecule has 1 aromatic heterocycles. The number of hydrogen-bond acceptors (Lipinski definition) is 5. The van der Waals surface area contributed by atoms with Crippen molar-refractivity contribution < 1.29 is 4.79 Å². The van der Waals surface area contributed by atoms with E-state index in [9.17, 15) is 4.79 Å². The van der Waals surface area contributed by atoms with Gasteiger partial charge in [0.05, 0.1) is 0 Å². The second-order valence-electron chi connectivity index (χ2n) is 7.53. The number of hydrogen-bond donors (Lipinski definition) is 2. The van der Waals surface area contributed by atoms with E-state index < -0.39 is 0 Å². The predicted octanol–water partition coefficient (Wildman–Crippen LogP) is 3.30. The molecule has 0 bridgehead atoms. The molecule has 5 nitrogen and oxygen atoms in total. The first-order valence-electron chi connectivity index (χ1n) is 7.59. The van der Waals surface area contributed by atoms with Gasteiger partial charge in [-0.25, -0.2) is 0 Å². The second-order valence-corrected chi connectivity index (χ2v) is 8.50. The summed E-state index contributed by atoms with van der Waals surface area (Å²) >= 11 is 1.31. The van der Waals surface area contributed by atoms with Gasteiger partial charge in [-0.1, -0.05) is 39.0 Å². The third kappa shape index (κ3) is 4.40. The van der Waals surface area contributed by atoms with E-state index in [4.69, 9.17) is 0 Å². The molecular weight excluding hydrogens is 284 g/mol. The van der Waals surface area contributed by atoms with Crippen molar-refractivity contribution in [2.75, 3.05) is 11.9 Å². The van der Waals surface area contributed by atoms with Gasteiger partial charge in [0.15, 0.2) is 0 Å². The lowest BCUT2D eigenvalue weighted by molar-refractivity contribution is 0.0713. The van der Waals surface area contributed by atoms with E-state index in [2.05, 4.69) is 48.5 Å². The molecule has 0 aromatic carbocycles. The first-order chi connectivity index (χ1) is 9.71. The van der Waals surface area contributed by atoms with Crippen molar-refractivity contribution in [2.24, 2.45) is 10.8 Å². The highest BCUT2D eigenvalue weighted by molar-refractivity contribution is 7.17. The van der Waals surface area contributed by atoms with Gasteiger partial charge in [-0.05, 0) is 37.0 Å². The van der Waals surface area contributed by atoms with Crippen LogP contribution in [-0.4, -0.2) is 28.7 Å². The monoisotopic (exact) mass is 310 g/mol. The minimum absolute atomic E-state index is 0.102. The number of aromatic nitrogens is 2. The number of amides is 1. The van der Waals surface area contributed by atoms with Crippen molar-refractivity contribution in [2.45, 2.75) is 59.9 Å². The van der Waals surface area contributed by atoms with Crippen LogP contribution in [-0.2, 0) is 0 Å². The Morgan fingerprint density at radius 3 is 2.43 bits per heavy atom. The van der Waals surface area contributed by atoms with Crippen molar-refractivity contribution in [1.29, 1.82) is 0 Å². The maximum atomic E-state index is 12.3. The molecule has 0 unspecified atom stereocenters. The van der Waals surface area contributed by atoms with Crippen molar-refractivity contribution in [3.05, 3.63) is 5.01 Å². The highest BCUT2D eigenvalue weighted by Gasteiger charge is 2.39. The molecule has 1 aliphatic rings. The summed E-state index contributed by atoms with van der Waals surface area (Å²) in [6.45, 7) is 11.9. The number of nitrogens with zero attached hydrogens (tertiary/aromatic N) is 2. The van der Waals surface area contributed by atoms with Gasteiger partial charge < -0.3 is 10.6 Å². The van der Waals surface area contributed by atoms with Gasteiger partial charge >= 0.3 is 0 Å². The summed E-state index contributed by atoms with van der Waals surface area (Å²) in [4.78, 5) is 12.3. The van der Waals surface area contributed by atoms with Crippen LogP contribution in [0, 0.1) is 10.8 Å². The largest absolute Gasteiger partial charge is 0.360 e. The molecule has 1 saturated carbocycles. The summed E-state index contributed by atoms with van der Waals surface area (Å²) in [5.41, 5.74) is 0.519. The first kappa shape index (κ1) is 16.2. The molecule has 0 spiro atoms. The Labute approximate surface area is 130 Å². The van der Waals surface area contributed by atoms with Crippen LogP contribution in [0.3, 0.4) is 0 Å². The molecule has 0 radical (unpaired) electrons. The lowest BCUT2D eigenvalue weighted by Crippen LogP contribution is -2.46. The van der Waals surface area contributed by atoms with Crippen molar-refractivity contribution in [3.8, 4) is 0 Å². The fraction of sp³-hybridized carbons (Fsp3) is 0.800. The topological polar surface area (TPSA) is 66.9 Å². The van der Waals surface area contributed by atoms with Crippen molar-refractivity contribution >= 4 is 22.4 Å². The summed E-state index contributed by atoms with van der Waals surface area (Å²) in [5.74, 6) is -0.102. The SMILES string of the molecule is CCNc1nnc(C(=O)NC2CC(C)(C)CC(C)(C)C2)s1. The van der Waals surface area contributed by atoms with Crippen molar-refractivity contribution in [3.63, 3.8) is 0 Å². The van der Waals surface area contributed by atoms with Gasteiger partial charge in [0.1, 0.15) is 0 Å². The van der Waals surface area contributed by atoms with Gasteiger partial charge in [0.2, 0.25) is 10.1 Å². The summed E-state index contributed by atoms with van der Waals surface area (Å²) in [6.07, 6.45) is 3.22. The molecule has 2 N–H and O–H groups in total. The standard InChI is InChI=1S/C15H26N4OS/c1-6-16-13-19-18-12(21-13)11(20)17-10-7-14(2,3)9-15(4,5)8-10/h10H,6-9H2,1-5H3,(H,16,19)(H,17,20). The molecule has 1 fully saturated rings. The van der Waals surface area contributed by atoms with Gasteiger partial charge in [-0.3, -0.25) is 4.79 Å². The quantitative estimate of drug-likeness (QED) is 0.895. The lowest BCUT2D eigenvalue weighted by Gasteiger charge is -2.45. The van der Waals surface area contributed by atoms with Crippen LogP contribution in [0.5, 0.6) is 0 Å². The highest BCUT2D eigenvalue weighted by atomic mass is 32.1. The van der Waals surface area contributed by atoms with E-state index in [1.807, 2.05) is 6.92 Å².